The second kappa shape index (κ2) is 9.85. The first kappa shape index (κ1) is 21.9. The molecular formula is C23H34N6OS. The molecule has 2 N–H and O–H groups in total. The van der Waals surface area contributed by atoms with Crippen LogP contribution in [0.3, 0.4) is 0 Å². The van der Waals surface area contributed by atoms with E-state index >= 15 is 0 Å². The average Bonchev–Trinajstić information content (AvgIpc) is 3.17. The summed E-state index contributed by atoms with van der Waals surface area (Å²) in [6.07, 6.45) is 4.98. The van der Waals surface area contributed by atoms with Gasteiger partial charge in [-0.05, 0) is 68.8 Å². The smallest absolute Gasteiger partial charge is 0.232 e. The molecule has 0 aliphatic carbocycles. The number of furan rings is 1. The molecule has 0 unspecified atom stereocenters. The molecule has 2 atom stereocenters. The summed E-state index contributed by atoms with van der Waals surface area (Å²) in [5.74, 6) is 5.59. The Bertz CT molecular complexity index is 884. The van der Waals surface area contributed by atoms with E-state index in [0.29, 0.717) is 29.4 Å². The van der Waals surface area contributed by atoms with Crippen LogP contribution in [0.15, 0.2) is 22.6 Å². The van der Waals surface area contributed by atoms with Gasteiger partial charge in [-0.15, -0.1) is 0 Å². The Labute approximate surface area is 190 Å². The fraction of sp³-hybridized carbons (Fsp3) is 0.609. The summed E-state index contributed by atoms with van der Waals surface area (Å²) >= 11 is 5.51. The van der Waals surface area contributed by atoms with Crippen molar-refractivity contribution in [1.29, 1.82) is 0 Å². The molecule has 0 aromatic carbocycles. The van der Waals surface area contributed by atoms with Gasteiger partial charge in [-0.25, -0.2) is 0 Å². The lowest BCUT2D eigenvalue weighted by Crippen LogP contribution is -2.40. The first-order valence-electron chi connectivity index (χ1n) is 11.5. The molecule has 2 aromatic heterocycles. The standard InChI is InChI=1S/C23H34N6OS/c1-16-11-17(2)15-29(14-16)21-12-20(28-9-5-4-6-10-28)25-22(26-21)27-23(31)24-13-19-8-7-18(3)30-19/h7-8,12,16-17H,4-6,9-11,13-15H2,1-3H3,(H2,24,25,26,27,31)/t16-,17-/m1/s1. The normalized spacial score (nSPS) is 21.8. The van der Waals surface area contributed by atoms with E-state index in [1.54, 1.807) is 0 Å². The molecule has 8 heteroatoms. The van der Waals surface area contributed by atoms with Gasteiger partial charge in [0.25, 0.3) is 0 Å². The fourth-order valence-corrected chi connectivity index (χ4v) is 4.83. The van der Waals surface area contributed by atoms with E-state index in [1.807, 2.05) is 19.1 Å². The van der Waals surface area contributed by atoms with E-state index in [-0.39, 0.29) is 0 Å². The van der Waals surface area contributed by atoms with Gasteiger partial charge in [-0.1, -0.05) is 13.8 Å². The van der Waals surface area contributed by atoms with E-state index in [0.717, 1.165) is 49.3 Å². The monoisotopic (exact) mass is 442 g/mol. The fourth-order valence-electron chi connectivity index (χ4n) is 4.67. The van der Waals surface area contributed by atoms with Gasteiger partial charge in [0.2, 0.25) is 5.95 Å². The molecule has 2 saturated heterocycles. The lowest BCUT2D eigenvalue weighted by atomic mass is 9.92. The zero-order valence-electron chi connectivity index (χ0n) is 18.9. The Morgan fingerprint density at radius 1 is 1.06 bits per heavy atom. The summed E-state index contributed by atoms with van der Waals surface area (Å²) in [5.41, 5.74) is 0. The maximum Gasteiger partial charge on any atom is 0.232 e. The Kier molecular flexibility index (Phi) is 6.95. The number of hydrogen-bond acceptors (Lipinski definition) is 6. The van der Waals surface area contributed by atoms with Gasteiger partial charge in [0.1, 0.15) is 23.2 Å². The third-order valence-electron chi connectivity index (χ3n) is 6.02. The van der Waals surface area contributed by atoms with Crippen LogP contribution >= 0.6 is 12.2 Å². The number of hydrogen-bond donors (Lipinski definition) is 2. The second-order valence-corrected chi connectivity index (χ2v) is 9.53. The predicted molar refractivity (Wildman–Crippen MR) is 130 cm³/mol. The molecule has 2 fully saturated rings. The molecule has 4 heterocycles. The van der Waals surface area contributed by atoms with E-state index in [2.05, 4.69) is 40.3 Å². The maximum atomic E-state index is 5.61. The molecule has 0 bridgehead atoms. The van der Waals surface area contributed by atoms with Crippen molar-refractivity contribution in [2.75, 3.05) is 41.3 Å². The SMILES string of the molecule is Cc1ccc(CNC(=S)Nc2nc(N3CCCCC3)cc(N3C[C@H](C)C[C@@H](C)C3)n2)o1. The van der Waals surface area contributed by atoms with Gasteiger partial charge in [-0.3, -0.25) is 0 Å². The van der Waals surface area contributed by atoms with Crippen LogP contribution in [0.4, 0.5) is 17.6 Å². The quantitative estimate of drug-likeness (QED) is 0.663. The van der Waals surface area contributed by atoms with Gasteiger partial charge in [-0.2, -0.15) is 9.97 Å². The topological polar surface area (TPSA) is 69.5 Å². The number of aryl methyl sites for hydroxylation is 1. The lowest BCUT2D eigenvalue weighted by Gasteiger charge is -2.36. The minimum atomic E-state index is 0.496. The Morgan fingerprint density at radius 2 is 1.74 bits per heavy atom. The van der Waals surface area contributed by atoms with E-state index in [4.69, 9.17) is 26.6 Å². The summed E-state index contributed by atoms with van der Waals surface area (Å²) in [4.78, 5) is 14.4. The molecule has 4 rings (SSSR count). The van der Waals surface area contributed by atoms with Crippen molar-refractivity contribution < 1.29 is 4.42 Å². The van der Waals surface area contributed by atoms with E-state index in [1.165, 1.54) is 25.7 Å². The van der Waals surface area contributed by atoms with Crippen LogP contribution in [0.5, 0.6) is 0 Å². The van der Waals surface area contributed by atoms with Crippen molar-refractivity contribution in [3.63, 3.8) is 0 Å². The molecule has 168 valence electrons. The first-order chi connectivity index (χ1) is 15.0. The third-order valence-corrected chi connectivity index (χ3v) is 6.26. The lowest BCUT2D eigenvalue weighted by molar-refractivity contribution is 0.355. The van der Waals surface area contributed by atoms with Gasteiger partial charge in [0, 0.05) is 32.2 Å². The molecule has 0 amide bonds. The zero-order chi connectivity index (χ0) is 21.8. The van der Waals surface area contributed by atoms with Gasteiger partial charge in [0.05, 0.1) is 6.54 Å². The van der Waals surface area contributed by atoms with Crippen molar-refractivity contribution in [3.05, 3.63) is 29.7 Å². The number of nitrogens with zero attached hydrogens (tertiary/aromatic N) is 4. The van der Waals surface area contributed by atoms with Crippen LogP contribution in [-0.4, -0.2) is 41.3 Å². The summed E-state index contributed by atoms with van der Waals surface area (Å²) in [5, 5.41) is 6.89. The highest BCUT2D eigenvalue weighted by molar-refractivity contribution is 7.80. The Morgan fingerprint density at radius 3 is 2.39 bits per heavy atom. The second-order valence-electron chi connectivity index (χ2n) is 9.13. The molecule has 2 aliphatic rings. The van der Waals surface area contributed by atoms with Crippen molar-refractivity contribution in [2.24, 2.45) is 11.8 Å². The summed E-state index contributed by atoms with van der Waals surface area (Å²) < 4.78 is 5.61. The highest BCUT2D eigenvalue weighted by Crippen LogP contribution is 2.29. The third kappa shape index (κ3) is 5.87. The van der Waals surface area contributed by atoms with Crippen LogP contribution in [0, 0.1) is 18.8 Å². The predicted octanol–water partition coefficient (Wildman–Crippen LogP) is 4.34. The van der Waals surface area contributed by atoms with E-state index < -0.39 is 0 Å². The van der Waals surface area contributed by atoms with Crippen molar-refractivity contribution in [3.8, 4) is 0 Å². The van der Waals surface area contributed by atoms with Crippen LogP contribution < -0.4 is 20.4 Å². The maximum absolute atomic E-state index is 5.61. The molecule has 0 saturated carbocycles. The number of anilines is 3. The molecule has 2 aromatic rings. The molecule has 7 nitrogen and oxygen atoms in total. The van der Waals surface area contributed by atoms with Crippen LogP contribution in [0.25, 0.3) is 0 Å². The highest BCUT2D eigenvalue weighted by Gasteiger charge is 2.25. The van der Waals surface area contributed by atoms with Gasteiger partial charge >= 0.3 is 0 Å². The summed E-state index contributed by atoms with van der Waals surface area (Å²) in [6.45, 7) is 11.3. The number of piperidine rings is 2. The van der Waals surface area contributed by atoms with Crippen molar-refractivity contribution in [2.45, 2.75) is 53.0 Å². The van der Waals surface area contributed by atoms with Crippen molar-refractivity contribution >= 4 is 34.9 Å². The van der Waals surface area contributed by atoms with Crippen LogP contribution in [0.2, 0.25) is 0 Å². The number of nitrogens with one attached hydrogen (secondary N) is 2. The van der Waals surface area contributed by atoms with Gasteiger partial charge < -0.3 is 24.9 Å². The number of rotatable bonds is 5. The minimum absolute atomic E-state index is 0.496. The number of thiocarbonyl (C=S) groups is 1. The largest absolute Gasteiger partial charge is 0.465 e. The zero-order valence-corrected chi connectivity index (χ0v) is 19.7. The van der Waals surface area contributed by atoms with Gasteiger partial charge in [0.15, 0.2) is 5.11 Å². The Hall–Kier alpha value is -2.35. The first-order valence-corrected chi connectivity index (χ1v) is 11.9. The summed E-state index contributed by atoms with van der Waals surface area (Å²) in [7, 11) is 0. The minimum Gasteiger partial charge on any atom is -0.465 e. The molecule has 0 spiro atoms. The Balaban J connectivity index is 1.51. The molecule has 0 radical (unpaired) electrons. The number of aromatic nitrogens is 2. The molecule has 2 aliphatic heterocycles. The molecular weight excluding hydrogens is 408 g/mol. The van der Waals surface area contributed by atoms with Crippen LogP contribution in [-0.2, 0) is 6.54 Å². The average molecular weight is 443 g/mol. The highest BCUT2D eigenvalue weighted by atomic mass is 32.1. The van der Waals surface area contributed by atoms with E-state index in [9.17, 15) is 0 Å². The summed E-state index contributed by atoms with van der Waals surface area (Å²) in [6, 6.07) is 6.06. The van der Waals surface area contributed by atoms with Crippen LogP contribution in [0.1, 0.15) is 51.1 Å². The molecule has 31 heavy (non-hydrogen) atoms. The van der Waals surface area contributed by atoms with Crippen molar-refractivity contribution in [1.82, 2.24) is 15.3 Å².